The Morgan fingerprint density at radius 2 is 1.88 bits per heavy atom. The molecule has 0 saturated carbocycles. The van der Waals surface area contributed by atoms with Gasteiger partial charge in [0.05, 0.1) is 12.0 Å². The number of thiophene rings is 1. The van der Waals surface area contributed by atoms with E-state index in [2.05, 4.69) is 10.0 Å². The lowest BCUT2D eigenvalue weighted by Crippen LogP contribution is -2.09. The topological polar surface area (TPSA) is 50.4 Å². The van der Waals surface area contributed by atoms with E-state index in [1.54, 1.807) is 7.11 Å². The van der Waals surface area contributed by atoms with E-state index in [0.717, 1.165) is 22.0 Å². The van der Waals surface area contributed by atoms with Gasteiger partial charge in [-0.1, -0.05) is 12.1 Å². The molecule has 6 heteroatoms. The molecule has 2 N–H and O–H groups in total. The first kappa shape index (κ1) is 16.4. The number of carbonyl (C=O) groups excluding carboxylic acids is 1. The Kier molecular flexibility index (Phi) is 5.40. The van der Waals surface area contributed by atoms with E-state index >= 15 is 0 Å². The summed E-state index contributed by atoms with van der Waals surface area (Å²) in [5.74, 6) is 0.735. The molecule has 0 bridgehead atoms. The van der Waals surface area contributed by atoms with Gasteiger partial charge in [-0.3, -0.25) is 4.79 Å². The first-order chi connectivity index (χ1) is 11.7. The van der Waals surface area contributed by atoms with Crippen molar-refractivity contribution in [3.8, 4) is 5.75 Å². The van der Waals surface area contributed by atoms with Crippen LogP contribution in [0.5, 0.6) is 5.75 Å². The number of ether oxygens (including phenoxy) is 1. The Morgan fingerprint density at radius 3 is 2.58 bits per heavy atom. The van der Waals surface area contributed by atoms with Gasteiger partial charge in [0, 0.05) is 16.3 Å². The zero-order valence-corrected chi connectivity index (χ0v) is 14.6. The van der Waals surface area contributed by atoms with E-state index in [4.69, 9.17) is 4.74 Å². The fraction of sp³-hybridized carbons (Fsp3) is 0.0556. The van der Waals surface area contributed by atoms with E-state index in [1.165, 1.54) is 23.3 Å². The molecule has 2 aromatic carbocycles. The van der Waals surface area contributed by atoms with Gasteiger partial charge in [-0.05, 0) is 65.9 Å². The maximum Gasteiger partial charge on any atom is 0.265 e. The number of amides is 1. The quantitative estimate of drug-likeness (QED) is 0.601. The van der Waals surface area contributed by atoms with E-state index in [9.17, 15) is 4.79 Å². The summed E-state index contributed by atoms with van der Waals surface area (Å²) < 4.78 is 8.41. The molecule has 0 aliphatic rings. The van der Waals surface area contributed by atoms with Crippen molar-refractivity contribution >= 4 is 40.6 Å². The summed E-state index contributed by atoms with van der Waals surface area (Å²) in [6.45, 7) is 0. The number of benzene rings is 2. The molecule has 0 fully saturated rings. The summed E-state index contributed by atoms with van der Waals surface area (Å²) in [6, 6.07) is 19.1. The first-order valence-corrected chi connectivity index (χ1v) is 8.96. The summed E-state index contributed by atoms with van der Waals surface area (Å²) in [7, 11) is 1.65. The molecule has 0 radical (unpaired) electrons. The van der Waals surface area contributed by atoms with E-state index in [1.807, 2.05) is 66.0 Å². The number of anilines is 2. The second kappa shape index (κ2) is 7.90. The Labute approximate surface area is 149 Å². The molecule has 122 valence electrons. The predicted molar refractivity (Wildman–Crippen MR) is 101 cm³/mol. The van der Waals surface area contributed by atoms with Crippen molar-refractivity contribution in [2.24, 2.45) is 0 Å². The van der Waals surface area contributed by atoms with E-state index in [-0.39, 0.29) is 5.91 Å². The Morgan fingerprint density at radius 1 is 1.04 bits per heavy atom. The molecule has 1 heterocycles. The number of carbonyl (C=O) groups is 1. The SMILES string of the molecule is COc1ccc(NSc2cccc(NC(=O)c3cccs3)c2)cc1. The highest BCUT2D eigenvalue weighted by atomic mass is 32.2. The number of rotatable bonds is 6. The smallest absolute Gasteiger partial charge is 0.265 e. The van der Waals surface area contributed by atoms with Crippen LogP contribution >= 0.6 is 23.3 Å². The van der Waals surface area contributed by atoms with Crippen molar-refractivity contribution < 1.29 is 9.53 Å². The minimum Gasteiger partial charge on any atom is -0.497 e. The van der Waals surface area contributed by atoms with Crippen molar-refractivity contribution in [2.45, 2.75) is 4.90 Å². The maximum absolute atomic E-state index is 12.1. The van der Waals surface area contributed by atoms with Gasteiger partial charge >= 0.3 is 0 Å². The summed E-state index contributed by atoms with van der Waals surface area (Å²) in [4.78, 5) is 13.8. The summed E-state index contributed by atoms with van der Waals surface area (Å²) in [6.07, 6.45) is 0. The fourth-order valence-electron chi connectivity index (χ4n) is 2.01. The predicted octanol–water partition coefficient (Wildman–Crippen LogP) is 5.13. The largest absolute Gasteiger partial charge is 0.497 e. The standard InChI is InChI=1S/C18H16N2O2S2/c1-22-15-9-7-13(8-10-15)20-24-16-5-2-4-14(12-16)19-18(21)17-6-3-11-23-17/h2-12,20H,1H3,(H,19,21). The van der Waals surface area contributed by atoms with Crippen LogP contribution in [0.1, 0.15) is 9.67 Å². The second-order valence-corrected chi connectivity index (χ2v) is 6.72. The summed E-state index contributed by atoms with van der Waals surface area (Å²) >= 11 is 2.91. The number of hydrogen-bond acceptors (Lipinski definition) is 5. The van der Waals surface area contributed by atoms with Crippen LogP contribution in [0.2, 0.25) is 0 Å². The van der Waals surface area contributed by atoms with Crippen molar-refractivity contribution in [1.82, 2.24) is 0 Å². The van der Waals surface area contributed by atoms with Gasteiger partial charge < -0.3 is 14.8 Å². The van der Waals surface area contributed by atoms with Gasteiger partial charge in [0.1, 0.15) is 5.75 Å². The molecule has 0 spiro atoms. The molecule has 0 aliphatic heterocycles. The number of methoxy groups -OCH3 is 1. The van der Waals surface area contributed by atoms with E-state index in [0.29, 0.717) is 4.88 Å². The van der Waals surface area contributed by atoms with Gasteiger partial charge in [-0.2, -0.15) is 0 Å². The number of nitrogens with one attached hydrogen (secondary N) is 2. The van der Waals surface area contributed by atoms with Gasteiger partial charge in [0.2, 0.25) is 0 Å². The third-order valence-corrected chi connectivity index (χ3v) is 4.91. The van der Waals surface area contributed by atoms with Crippen molar-refractivity contribution in [2.75, 3.05) is 17.1 Å². The lowest BCUT2D eigenvalue weighted by molar-refractivity contribution is 0.103. The molecule has 0 aliphatic carbocycles. The van der Waals surface area contributed by atoms with Crippen molar-refractivity contribution in [3.63, 3.8) is 0 Å². The Bertz CT molecular complexity index is 802. The molecule has 4 nitrogen and oxygen atoms in total. The van der Waals surface area contributed by atoms with Crippen LogP contribution in [0, 0.1) is 0 Å². The minimum absolute atomic E-state index is 0.0877. The van der Waals surface area contributed by atoms with Gasteiger partial charge in [0.15, 0.2) is 0 Å². The molecular weight excluding hydrogens is 340 g/mol. The van der Waals surface area contributed by atoms with Gasteiger partial charge in [-0.15, -0.1) is 11.3 Å². The second-order valence-electron chi connectivity index (χ2n) is 4.89. The average Bonchev–Trinajstić information content (AvgIpc) is 3.15. The molecule has 0 atom stereocenters. The maximum atomic E-state index is 12.1. The van der Waals surface area contributed by atoms with Crippen LogP contribution in [0.15, 0.2) is 70.9 Å². The number of hydrogen-bond donors (Lipinski definition) is 2. The van der Waals surface area contributed by atoms with Crippen LogP contribution in [0.25, 0.3) is 0 Å². The van der Waals surface area contributed by atoms with E-state index < -0.39 is 0 Å². The Hall–Kier alpha value is -2.44. The zero-order valence-electron chi connectivity index (χ0n) is 13.0. The third-order valence-electron chi connectivity index (χ3n) is 3.21. The van der Waals surface area contributed by atoms with Crippen LogP contribution in [-0.2, 0) is 0 Å². The highest BCUT2D eigenvalue weighted by Crippen LogP contribution is 2.25. The van der Waals surface area contributed by atoms with Crippen LogP contribution in [-0.4, -0.2) is 13.0 Å². The lowest BCUT2D eigenvalue weighted by atomic mass is 10.3. The van der Waals surface area contributed by atoms with Crippen molar-refractivity contribution in [1.29, 1.82) is 0 Å². The molecule has 3 rings (SSSR count). The molecule has 1 aromatic heterocycles. The third kappa shape index (κ3) is 4.31. The average molecular weight is 356 g/mol. The highest BCUT2D eigenvalue weighted by molar-refractivity contribution is 8.00. The lowest BCUT2D eigenvalue weighted by Gasteiger charge is -2.08. The normalized spacial score (nSPS) is 10.2. The summed E-state index contributed by atoms with van der Waals surface area (Å²) in [5, 5.41) is 4.80. The van der Waals surface area contributed by atoms with Gasteiger partial charge in [0.25, 0.3) is 5.91 Å². The monoisotopic (exact) mass is 356 g/mol. The molecule has 1 amide bonds. The Balaban J connectivity index is 1.61. The molecular formula is C18H16N2O2S2. The van der Waals surface area contributed by atoms with Crippen molar-refractivity contribution in [3.05, 3.63) is 70.9 Å². The molecule has 24 heavy (non-hydrogen) atoms. The molecule has 3 aromatic rings. The summed E-state index contributed by atoms with van der Waals surface area (Å²) in [5.41, 5.74) is 1.75. The highest BCUT2D eigenvalue weighted by Gasteiger charge is 2.07. The van der Waals surface area contributed by atoms with Crippen LogP contribution in [0.4, 0.5) is 11.4 Å². The molecule has 0 saturated heterocycles. The van der Waals surface area contributed by atoms with Crippen LogP contribution in [0.3, 0.4) is 0 Å². The van der Waals surface area contributed by atoms with Crippen LogP contribution < -0.4 is 14.8 Å². The minimum atomic E-state index is -0.0877. The zero-order chi connectivity index (χ0) is 16.8. The first-order valence-electron chi connectivity index (χ1n) is 7.26. The van der Waals surface area contributed by atoms with Gasteiger partial charge in [-0.25, -0.2) is 0 Å². The molecule has 0 unspecified atom stereocenters. The fourth-order valence-corrected chi connectivity index (χ4v) is 3.34.